The average Bonchev–Trinajstić information content (AvgIpc) is 3.01. The van der Waals surface area contributed by atoms with E-state index < -0.39 is 0 Å². The molecule has 118 valence electrons. The van der Waals surface area contributed by atoms with E-state index in [1.165, 1.54) is 0 Å². The lowest BCUT2D eigenvalue weighted by Crippen LogP contribution is -2.46. The van der Waals surface area contributed by atoms with Crippen molar-refractivity contribution in [1.29, 1.82) is 0 Å². The summed E-state index contributed by atoms with van der Waals surface area (Å²) in [5.74, 6) is 2.47. The minimum Gasteiger partial charge on any atom is -0.352 e. The van der Waals surface area contributed by atoms with Crippen molar-refractivity contribution in [3.05, 3.63) is 18.2 Å². The summed E-state index contributed by atoms with van der Waals surface area (Å²) in [5, 5.41) is 6.88. The zero-order valence-corrected chi connectivity index (χ0v) is 13.8. The van der Waals surface area contributed by atoms with E-state index in [1.54, 1.807) is 0 Å². The van der Waals surface area contributed by atoms with Gasteiger partial charge in [-0.3, -0.25) is 9.89 Å². The lowest BCUT2D eigenvalue weighted by molar-refractivity contribution is 0.265. The molecule has 6 heteroatoms. The van der Waals surface area contributed by atoms with Gasteiger partial charge in [0.25, 0.3) is 0 Å². The fraction of sp³-hybridized carbons (Fsp3) is 0.733. The lowest BCUT2D eigenvalue weighted by atomic mass is 10.1. The molecule has 0 aliphatic carbocycles. The van der Waals surface area contributed by atoms with E-state index in [2.05, 4.69) is 46.3 Å². The summed E-state index contributed by atoms with van der Waals surface area (Å²) in [6.45, 7) is 9.70. The largest absolute Gasteiger partial charge is 0.352 e. The van der Waals surface area contributed by atoms with Crippen LogP contribution in [0.4, 0.5) is 0 Å². The van der Waals surface area contributed by atoms with Crippen LogP contribution in [0.1, 0.15) is 26.6 Å². The molecule has 21 heavy (non-hydrogen) atoms. The molecule has 0 spiro atoms. The Morgan fingerprint density at radius 1 is 1.48 bits per heavy atom. The number of nitrogens with zero attached hydrogens (tertiary/aromatic N) is 4. The molecule has 1 saturated heterocycles. The standard InChI is InChI=1S/C15H28N6/c1-11(2)21-9-12(3)13(10-21)19-15(16-4)18-8-14-17-6-7-20(14)5/h6-7,11-13H,8-10H2,1-5H3,(H2,16,18,19). The first kappa shape index (κ1) is 15.8. The molecule has 0 amide bonds. The van der Waals surface area contributed by atoms with Crippen LogP contribution in [-0.4, -0.2) is 52.6 Å². The molecule has 1 fully saturated rings. The summed E-state index contributed by atoms with van der Waals surface area (Å²) in [6.07, 6.45) is 3.76. The topological polar surface area (TPSA) is 57.5 Å². The SMILES string of the molecule is CN=C(NCc1nccn1C)NC1CN(C(C)C)CC1C. The molecule has 2 N–H and O–H groups in total. The minimum absolute atomic E-state index is 0.444. The van der Waals surface area contributed by atoms with Crippen molar-refractivity contribution < 1.29 is 0 Å². The van der Waals surface area contributed by atoms with Gasteiger partial charge in [-0.05, 0) is 19.8 Å². The molecular weight excluding hydrogens is 264 g/mol. The van der Waals surface area contributed by atoms with Crippen molar-refractivity contribution in [3.8, 4) is 0 Å². The second-order valence-electron chi connectivity index (χ2n) is 6.16. The second-order valence-corrected chi connectivity index (χ2v) is 6.16. The fourth-order valence-corrected chi connectivity index (χ4v) is 2.71. The summed E-state index contributed by atoms with van der Waals surface area (Å²) >= 11 is 0. The van der Waals surface area contributed by atoms with Gasteiger partial charge < -0.3 is 15.2 Å². The second kappa shape index (κ2) is 6.93. The van der Waals surface area contributed by atoms with E-state index in [0.29, 0.717) is 24.5 Å². The van der Waals surface area contributed by atoms with Crippen molar-refractivity contribution in [2.45, 2.75) is 39.4 Å². The molecule has 2 heterocycles. The molecular formula is C15H28N6. The van der Waals surface area contributed by atoms with E-state index in [4.69, 9.17) is 0 Å². The van der Waals surface area contributed by atoms with Crippen molar-refractivity contribution in [2.75, 3.05) is 20.1 Å². The van der Waals surface area contributed by atoms with Gasteiger partial charge in [0.1, 0.15) is 5.82 Å². The summed E-state index contributed by atoms with van der Waals surface area (Å²) in [4.78, 5) is 11.1. The Bertz CT molecular complexity index is 478. The van der Waals surface area contributed by atoms with E-state index in [0.717, 1.165) is 24.9 Å². The zero-order chi connectivity index (χ0) is 15.4. The first-order valence-electron chi connectivity index (χ1n) is 7.68. The molecule has 6 nitrogen and oxygen atoms in total. The van der Waals surface area contributed by atoms with Crippen LogP contribution in [0.25, 0.3) is 0 Å². The number of hydrogen-bond donors (Lipinski definition) is 2. The van der Waals surface area contributed by atoms with Gasteiger partial charge in [0.2, 0.25) is 0 Å². The van der Waals surface area contributed by atoms with E-state index in [-0.39, 0.29) is 0 Å². The van der Waals surface area contributed by atoms with Crippen molar-refractivity contribution in [1.82, 2.24) is 25.1 Å². The Balaban J connectivity index is 1.87. The molecule has 1 aliphatic rings. The van der Waals surface area contributed by atoms with Crippen LogP contribution < -0.4 is 10.6 Å². The summed E-state index contributed by atoms with van der Waals surface area (Å²) in [6, 6.07) is 1.04. The molecule has 2 unspecified atom stereocenters. The first-order valence-corrected chi connectivity index (χ1v) is 7.68. The predicted molar refractivity (Wildman–Crippen MR) is 86.2 cm³/mol. The summed E-state index contributed by atoms with van der Waals surface area (Å²) in [5.41, 5.74) is 0. The Kier molecular flexibility index (Phi) is 5.22. The molecule has 0 radical (unpaired) electrons. The first-order chi connectivity index (χ1) is 10.0. The molecule has 2 rings (SSSR count). The van der Waals surface area contributed by atoms with Crippen molar-refractivity contribution in [2.24, 2.45) is 18.0 Å². The van der Waals surface area contributed by atoms with Gasteiger partial charge in [-0.15, -0.1) is 0 Å². The van der Waals surface area contributed by atoms with Crippen molar-refractivity contribution >= 4 is 5.96 Å². The predicted octanol–water partition coefficient (Wildman–Crippen LogP) is 0.814. The van der Waals surface area contributed by atoms with Gasteiger partial charge in [-0.2, -0.15) is 0 Å². The zero-order valence-electron chi connectivity index (χ0n) is 13.8. The van der Waals surface area contributed by atoms with Crippen LogP contribution in [0.15, 0.2) is 17.4 Å². The Hall–Kier alpha value is -1.56. The van der Waals surface area contributed by atoms with E-state index in [9.17, 15) is 0 Å². The third kappa shape index (κ3) is 3.97. The number of nitrogens with one attached hydrogen (secondary N) is 2. The highest BCUT2D eigenvalue weighted by Gasteiger charge is 2.31. The molecule has 2 atom stereocenters. The molecule has 1 aromatic rings. The minimum atomic E-state index is 0.444. The number of rotatable bonds is 4. The number of aliphatic imine (C=N–C) groups is 1. The molecule has 1 aliphatic heterocycles. The molecule has 1 aromatic heterocycles. The van der Waals surface area contributed by atoms with Crippen LogP contribution in [0.2, 0.25) is 0 Å². The highest BCUT2D eigenvalue weighted by atomic mass is 15.3. The molecule has 0 aromatic carbocycles. The van der Waals surface area contributed by atoms with Gasteiger partial charge in [0, 0.05) is 51.7 Å². The van der Waals surface area contributed by atoms with E-state index in [1.807, 2.05) is 31.1 Å². The normalized spacial score (nSPS) is 23.8. The maximum absolute atomic E-state index is 4.32. The maximum Gasteiger partial charge on any atom is 0.191 e. The number of aryl methyl sites for hydroxylation is 1. The van der Waals surface area contributed by atoms with Gasteiger partial charge in [-0.1, -0.05) is 6.92 Å². The van der Waals surface area contributed by atoms with Crippen LogP contribution in [0.5, 0.6) is 0 Å². The maximum atomic E-state index is 4.32. The van der Waals surface area contributed by atoms with Gasteiger partial charge in [0.15, 0.2) is 5.96 Å². The fourth-order valence-electron chi connectivity index (χ4n) is 2.71. The number of hydrogen-bond acceptors (Lipinski definition) is 3. The smallest absolute Gasteiger partial charge is 0.191 e. The quantitative estimate of drug-likeness (QED) is 0.637. The lowest BCUT2D eigenvalue weighted by Gasteiger charge is -2.21. The average molecular weight is 292 g/mol. The highest BCUT2D eigenvalue weighted by Crippen LogP contribution is 2.18. The third-order valence-corrected chi connectivity index (χ3v) is 4.25. The number of imidazole rings is 1. The Labute approximate surface area is 127 Å². The Morgan fingerprint density at radius 2 is 2.24 bits per heavy atom. The van der Waals surface area contributed by atoms with Crippen LogP contribution in [-0.2, 0) is 13.6 Å². The number of guanidine groups is 1. The van der Waals surface area contributed by atoms with Gasteiger partial charge in [-0.25, -0.2) is 4.98 Å². The number of aromatic nitrogens is 2. The summed E-state index contributed by atoms with van der Waals surface area (Å²) in [7, 11) is 3.81. The van der Waals surface area contributed by atoms with E-state index >= 15 is 0 Å². The Morgan fingerprint density at radius 3 is 2.76 bits per heavy atom. The third-order valence-electron chi connectivity index (χ3n) is 4.25. The van der Waals surface area contributed by atoms with Gasteiger partial charge >= 0.3 is 0 Å². The highest BCUT2D eigenvalue weighted by molar-refractivity contribution is 5.80. The van der Waals surface area contributed by atoms with Crippen LogP contribution >= 0.6 is 0 Å². The molecule has 0 saturated carbocycles. The van der Waals surface area contributed by atoms with Crippen LogP contribution in [0.3, 0.4) is 0 Å². The van der Waals surface area contributed by atoms with Gasteiger partial charge in [0.05, 0.1) is 6.54 Å². The monoisotopic (exact) mass is 292 g/mol. The number of likely N-dealkylation sites (tertiary alicyclic amines) is 1. The van der Waals surface area contributed by atoms with Crippen LogP contribution in [0, 0.1) is 5.92 Å². The van der Waals surface area contributed by atoms with Crippen molar-refractivity contribution in [3.63, 3.8) is 0 Å². The molecule has 0 bridgehead atoms. The summed E-state index contributed by atoms with van der Waals surface area (Å²) < 4.78 is 2.01.